The molecule has 128 valence electrons. The van der Waals surface area contributed by atoms with Crippen molar-refractivity contribution in [2.75, 3.05) is 14.2 Å². The van der Waals surface area contributed by atoms with Crippen molar-refractivity contribution >= 4 is 23.8 Å². The molecule has 0 fully saturated rings. The van der Waals surface area contributed by atoms with Crippen LogP contribution in [0.4, 0.5) is 0 Å². The number of methoxy groups -OCH3 is 2. The second kappa shape index (κ2) is 7.72. The van der Waals surface area contributed by atoms with E-state index in [2.05, 4.69) is 56.3 Å². The van der Waals surface area contributed by atoms with Crippen LogP contribution in [0.1, 0.15) is 11.1 Å². The molecule has 0 heterocycles. The highest BCUT2D eigenvalue weighted by atomic mass is 31.1. The van der Waals surface area contributed by atoms with Crippen molar-refractivity contribution in [3.8, 4) is 11.5 Å². The number of para-hydroxylation sites is 2. The molecular formula is C22H23O2P. The van der Waals surface area contributed by atoms with Crippen molar-refractivity contribution in [2.24, 2.45) is 0 Å². The van der Waals surface area contributed by atoms with Crippen molar-refractivity contribution in [1.29, 1.82) is 0 Å². The Balaban J connectivity index is 2.28. The molecule has 0 saturated carbocycles. The van der Waals surface area contributed by atoms with Crippen molar-refractivity contribution < 1.29 is 9.47 Å². The van der Waals surface area contributed by atoms with Gasteiger partial charge in [-0.2, -0.15) is 0 Å². The molecule has 0 aromatic heterocycles. The second-order valence-corrected chi connectivity index (χ2v) is 8.09. The summed E-state index contributed by atoms with van der Waals surface area (Å²) in [5.74, 6) is 1.83. The number of benzene rings is 3. The Labute approximate surface area is 151 Å². The standard InChI is InChI=1S/C22H23O2P/c1-16-13-14-20(17(2)15-16)25(21-11-7-5-9-18(21)23-3)22-12-8-6-10-19(22)24-4/h5-15H,1-4H3. The van der Waals surface area contributed by atoms with E-state index in [0.717, 1.165) is 11.5 Å². The Kier molecular flexibility index (Phi) is 5.40. The first kappa shape index (κ1) is 17.5. The van der Waals surface area contributed by atoms with Gasteiger partial charge in [0, 0.05) is 10.6 Å². The first-order valence-electron chi connectivity index (χ1n) is 8.29. The van der Waals surface area contributed by atoms with Crippen LogP contribution in [0.2, 0.25) is 0 Å². The average molecular weight is 350 g/mol. The van der Waals surface area contributed by atoms with E-state index in [0.29, 0.717) is 0 Å². The zero-order chi connectivity index (χ0) is 17.8. The van der Waals surface area contributed by atoms with Gasteiger partial charge in [0.15, 0.2) is 0 Å². The second-order valence-electron chi connectivity index (χ2n) is 5.97. The molecule has 2 nitrogen and oxygen atoms in total. The molecule has 0 unspecified atom stereocenters. The summed E-state index contributed by atoms with van der Waals surface area (Å²) in [4.78, 5) is 0. The van der Waals surface area contributed by atoms with E-state index in [1.165, 1.54) is 27.0 Å². The SMILES string of the molecule is COc1ccccc1P(c1ccc(C)cc1C)c1ccccc1OC. The Morgan fingerprint density at radius 1 is 0.640 bits per heavy atom. The lowest BCUT2D eigenvalue weighted by atomic mass is 10.2. The maximum absolute atomic E-state index is 5.68. The van der Waals surface area contributed by atoms with Gasteiger partial charge in [0.25, 0.3) is 0 Å². The molecule has 3 heteroatoms. The summed E-state index contributed by atoms with van der Waals surface area (Å²) >= 11 is 0. The fourth-order valence-electron chi connectivity index (χ4n) is 3.07. The lowest BCUT2D eigenvalue weighted by molar-refractivity contribution is 0.417. The van der Waals surface area contributed by atoms with Gasteiger partial charge in [0.2, 0.25) is 0 Å². The fourth-order valence-corrected chi connectivity index (χ4v) is 5.74. The molecule has 3 aromatic rings. The van der Waals surface area contributed by atoms with Gasteiger partial charge in [-0.25, -0.2) is 0 Å². The van der Waals surface area contributed by atoms with Crippen molar-refractivity contribution in [1.82, 2.24) is 0 Å². The van der Waals surface area contributed by atoms with Crippen LogP contribution >= 0.6 is 7.92 Å². The van der Waals surface area contributed by atoms with E-state index in [1.807, 2.05) is 24.3 Å². The van der Waals surface area contributed by atoms with E-state index in [9.17, 15) is 0 Å². The average Bonchev–Trinajstić information content (AvgIpc) is 2.64. The summed E-state index contributed by atoms with van der Waals surface area (Å²) in [6, 6.07) is 23.2. The van der Waals surface area contributed by atoms with Crippen LogP contribution in [-0.2, 0) is 0 Å². The van der Waals surface area contributed by atoms with Crippen LogP contribution in [-0.4, -0.2) is 14.2 Å². The predicted octanol–water partition coefficient (Wildman–Crippen LogP) is 4.08. The van der Waals surface area contributed by atoms with Crippen molar-refractivity contribution in [3.63, 3.8) is 0 Å². The summed E-state index contributed by atoms with van der Waals surface area (Å²) in [5.41, 5.74) is 2.57. The molecule has 0 aliphatic carbocycles. The van der Waals surface area contributed by atoms with Gasteiger partial charge in [-0.05, 0) is 44.8 Å². The Hall–Kier alpha value is -2.31. The Morgan fingerprint density at radius 3 is 1.64 bits per heavy atom. The van der Waals surface area contributed by atoms with Crippen molar-refractivity contribution in [2.45, 2.75) is 13.8 Å². The van der Waals surface area contributed by atoms with Gasteiger partial charge in [0.05, 0.1) is 14.2 Å². The van der Waals surface area contributed by atoms with Gasteiger partial charge in [-0.15, -0.1) is 0 Å². The molecule has 0 spiro atoms. The number of hydrogen-bond donors (Lipinski definition) is 0. The van der Waals surface area contributed by atoms with Crippen LogP contribution in [0.15, 0.2) is 66.7 Å². The van der Waals surface area contributed by atoms with E-state index in [1.54, 1.807) is 14.2 Å². The number of aryl methyl sites for hydroxylation is 2. The van der Waals surface area contributed by atoms with E-state index < -0.39 is 7.92 Å². The van der Waals surface area contributed by atoms with Crippen LogP contribution in [0.5, 0.6) is 11.5 Å². The normalized spacial score (nSPS) is 10.8. The fraction of sp³-hybridized carbons (Fsp3) is 0.182. The molecule has 0 N–H and O–H groups in total. The highest BCUT2D eigenvalue weighted by molar-refractivity contribution is 7.80. The summed E-state index contributed by atoms with van der Waals surface area (Å²) in [7, 11) is 2.68. The monoisotopic (exact) mass is 350 g/mol. The maximum atomic E-state index is 5.68. The lowest BCUT2D eigenvalue weighted by Gasteiger charge is -2.24. The van der Waals surface area contributed by atoms with Crippen molar-refractivity contribution in [3.05, 3.63) is 77.9 Å². The molecule has 0 bridgehead atoms. The topological polar surface area (TPSA) is 18.5 Å². The molecule has 3 aromatic carbocycles. The first-order chi connectivity index (χ1) is 12.2. The summed E-state index contributed by atoms with van der Waals surface area (Å²) in [5, 5.41) is 3.74. The van der Waals surface area contributed by atoms with Crippen LogP contribution in [0, 0.1) is 13.8 Å². The molecule has 0 aliphatic rings. The van der Waals surface area contributed by atoms with Crippen LogP contribution < -0.4 is 25.4 Å². The number of rotatable bonds is 5. The lowest BCUT2D eigenvalue weighted by Crippen LogP contribution is -2.24. The first-order valence-corrected chi connectivity index (χ1v) is 9.63. The van der Waals surface area contributed by atoms with E-state index >= 15 is 0 Å². The molecule has 3 rings (SSSR count). The minimum atomic E-state index is -0.782. The van der Waals surface area contributed by atoms with Gasteiger partial charge in [-0.3, -0.25) is 0 Å². The smallest absolute Gasteiger partial charge is 0.127 e. The summed E-state index contributed by atoms with van der Waals surface area (Å²) in [6.07, 6.45) is 0. The third-order valence-corrected chi connectivity index (χ3v) is 6.93. The molecule has 0 aliphatic heterocycles. The molecule has 25 heavy (non-hydrogen) atoms. The van der Waals surface area contributed by atoms with E-state index in [4.69, 9.17) is 9.47 Å². The molecular weight excluding hydrogens is 327 g/mol. The van der Waals surface area contributed by atoms with Crippen LogP contribution in [0.3, 0.4) is 0 Å². The molecule has 0 atom stereocenters. The maximum Gasteiger partial charge on any atom is 0.127 e. The molecule has 0 amide bonds. The van der Waals surface area contributed by atoms with E-state index in [-0.39, 0.29) is 0 Å². The molecule has 0 radical (unpaired) electrons. The number of ether oxygens (including phenoxy) is 2. The number of hydrogen-bond acceptors (Lipinski definition) is 2. The highest BCUT2D eigenvalue weighted by Crippen LogP contribution is 2.40. The zero-order valence-electron chi connectivity index (χ0n) is 15.1. The summed E-state index contributed by atoms with van der Waals surface area (Å²) in [6.45, 7) is 4.31. The summed E-state index contributed by atoms with van der Waals surface area (Å²) < 4.78 is 11.4. The molecule has 0 saturated heterocycles. The highest BCUT2D eigenvalue weighted by Gasteiger charge is 2.24. The quantitative estimate of drug-likeness (QED) is 0.646. The Bertz CT molecular complexity index is 826. The Morgan fingerprint density at radius 2 is 1.16 bits per heavy atom. The van der Waals surface area contributed by atoms with Crippen LogP contribution in [0.25, 0.3) is 0 Å². The third kappa shape index (κ3) is 3.55. The minimum Gasteiger partial charge on any atom is -0.496 e. The van der Waals surface area contributed by atoms with Gasteiger partial charge >= 0.3 is 0 Å². The zero-order valence-corrected chi connectivity index (χ0v) is 16.0. The largest absolute Gasteiger partial charge is 0.496 e. The van der Waals surface area contributed by atoms with Gasteiger partial charge in [0.1, 0.15) is 11.5 Å². The predicted molar refractivity (Wildman–Crippen MR) is 108 cm³/mol. The van der Waals surface area contributed by atoms with Gasteiger partial charge < -0.3 is 9.47 Å². The minimum absolute atomic E-state index is 0.782. The third-order valence-electron chi connectivity index (χ3n) is 4.25. The van der Waals surface area contributed by atoms with Gasteiger partial charge in [-0.1, -0.05) is 60.2 Å².